The molecule has 2 N–H and O–H groups in total. The van der Waals surface area contributed by atoms with Crippen LogP contribution in [0.15, 0.2) is 12.1 Å². The number of benzene rings is 1. The predicted octanol–water partition coefficient (Wildman–Crippen LogP) is 0.834. The highest BCUT2D eigenvalue weighted by molar-refractivity contribution is 5.86. The molecule has 0 aliphatic rings. The van der Waals surface area contributed by atoms with Crippen molar-refractivity contribution in [3.05, 3.63) is 17.7 Å². The van der Waals surface area contributed by atoms with Gasteiger partial charge in [-0.3, -0.25) is 0 Å². The zero-order valence-electron chi connectivity index (χ0n) is 10.8. The molecule has 0 aromatic heterocycles. The summed E-state index contributed by atoms with van der Waals surface area (Å²) in [5.74, 6) is 3.70. The van der Waals surface area contributed by atoms with Crippen LogP contribution in [0.1, 0.15) is 11.7 Å². The van der Waals surface area contributed by atoms with Crippen molar-refractivity contribution in [2.24, 2.45) is 0 Å². The smallest absolute Gasteiger partial charge is 0.382 e. The van der Waals surface area contributed by atoms with Gasteiger partial charge in [0.15, 0.2) is 11.5 Å². The van der Waals surface area contributed by atoms with E-state index in [1.165, 1.54) is 27.4 Å². The van der Waals surface area contributed by atoms with E-state index in [4.69, 9.17) is 19.3 Å². The Hall–Kier alpha value is -2.39. The van der Waals surface area contributed by atoms with Gasteiger partial charge in [0.2, 0.25) is 5.75 Å². The van der Waals surface area contributed by atoms with Gasteiger partial charge >= 0.3 is 5.97 Å². The molecule has 0 saturated heterocycles. The molecule has 6 nitrogen and oxygen atoms in total. The summed E-state index contributed by atoms with van der Waals surface area (Å²) < 4.78 is 15.4. The number of hydrogen-bond donors (Lipinski definition) is 2. The number of rotatable bonds is 4. The molecular weight excluding hydrogens is 252 g/mol. The topological polar surface area (TPSA) is 85.2 Å². The van der Waals surface area contributed by atoms with E-state index in [9.17, 15) is 9.90 Å². The van der Waals surface area contributed by atoms with Gasteiger partial charge in [0.1, 0.15) is 6.10 Å². The third kappa shape index (κ3) is 3.30. The molecule has 0 spiro atoms. The maximum atomic E-state index is 10.4. The van der Waals surface area contributed by atoms with E-state index in [1.807, 2.05) is 5.92 Å². The Morgan fingerprint density at radius 2 is 1.79 bits per heavy atom. The Bertz CT molecular complexity index is 526. The number of aliphatic hydroxyl groups is 1. The Morgan fingerprint density at radius 1 is 1.16 bits per heavy atom. The normalized spacial score (nSPS) is 10.9. The molecule has 0 bridgehead atoms. The summed E-state index contributed by atoms with van der Waals surface area (Å²) in [6.45, 7) is 0. The number of methoxy groups -OCH3 is 3. The van der Waals surface area contributed by atoms with Gasteiger partial charge in [0.25, 0.3) is 0 Å². The first-order chi connectivity index (χ1) is 9.04. The van der Waals surface area contributed by atoms with Crippen LogP contribution >= 0.6 is 0 Å². The lowest BCUT2D eigenvalue weighted by molar-refractivity contribution is -0.130. The van der Waals surface area contributed by atoms with Gasteiger partial charge in [-0.2, -0.15) is 0 Å². The van der Waals surface area contributed by atoms with Crippen LogP contribution in [0.2, 0.25) is 0 Å². The first kappa shape index (κ1) is 14.7. The summed E-state index contributed by atoms with van der Waals surface area (Å²) in [6.07, 6.45) is -1.30. The quantitative estimate of drug-likeness (QED) is 0.785. The fourth-order valence-corrected chi connectivity index (χ4v) is 1.55. The molecule has 0 saturated carbocycles. The number of carbonyl (C=O) groups is 1. The fraction of sp³-hybridized carbons (Fsp3) is 0.308. The van der Waals surface area contributed by atoms with Crippen LogP contribution in [0.5, 0.6) is 17.2 Å². The van der Waals surface area contributed by atoms with Gasteiger partial charge in [-0.25, -0.2) is 4.79 Å². The number of carboxylic acids is 1. The van der Waals surface area contributed by atoms with E-state index in [0.29, 0.717) is 17.1 Å². The minimum atomic E-state index is -1.32. The first-order valence-corrected chi connectivity index (χ1v) is 5.26. The Balaban J connectivity index is 3.29. The van der Waals surface area contributed by atoms with Crippen LogP contribution in [0, 0.1) is 11.8 Å². The second-order valence-corrected chi connectivity index (χ2v) is 3.40. The minimum absolute atomic E-state index is 0.244. The lowest BCUT2D eigenvalue weighted by Crippen LogP contribution is -2.03. The van der Waals surface area contributed by atoms with E-state index in [-0.39, 0.29) is 5.75 Å². The average Bonchev–Trinajstić information content (AvgIpc) is 2.42. The number of carboxylic acid groups (broad SMARTS) is 1. The van der Waals surface area contributed by atoms with Crippen molar-refractivity contribution >= 4 is 5.97 Å². The zero-order valence-corrected chi connectivity index (χ0v) is 10.8. The molecule has 1 aromatic rings. The van der Waals surface area contributed by atoms with Gasteiger partial charge in [-0.1, -0.05) is 5.92 Å². The molecular formula is C13H14O6. The fourth-order valence-electron chi connectivity index (χ4n) is 1.55. The monoisotopic (exact) mass is 266 g/mol. The summed E-state index contributed by atoms with van der Waals surface area (Å²) in [5, 5.41) is 18.3. The van der Waals surface area contributed by atoms with Crippen molar-refractivity contribution < 1.29 is 29.2 Å². The van der Waals surface area contributed by atoms with Crippen molar-refractivity contribution in [1.29, 1.82) is 0 Å². The van der Waals surface area contributed by atoms with Crippen molar-refractivity contribution in [3.63, 3.8) is 0 Å². The summed E-state index contributed by atoms with van der Waals surface area (Å²) >= 11 is 0. The molecule has 1 aromatic carbocycles. The van der Waals surface area contributed by atoms with Crippen molar-refractivity contribution in [2.45, 2.75) is 6.10 Å². The van der Waals surface area contributed by atoms with Gasteiger partial charge in [0.05, 0.1) is 21.3 Å². The average molecular weight is 266 g/mol. The van der Waals surface area contributed by atoms with E-state index in [0.717, 1.165) is 0 Å². The number of ether oxygens (including phenoxy) is 3. The molecule has 0 amide bonds. The lowest BCUT2D eigenvalue weighted by Gasteiger charge is -2.16. The Labute approximate surface area is 110 Å². The highest BCUT2D eigenvalue weighted by Crippen LogP contribution is 2.41. The molecule has 1 rings (SSSR count). The van der Waals surface area contributed by atoms with Crippen LogP contribution < -0.4 is 14.2 Å². The third-order valence-electron chi connectivity index (χ3n) is 2.35. The molecule has 0 radical (unpaired) electrons. The van der Waals surface area contributed by atoms with E-state index < -0.39 is 12.1 Å². The summed E-state index contributed by atoms with van der Waals surface area (Å²) in [6, 6.07) is 3.10. The SMILES string of the molecule is COc1ccc(C(O)C#CC(=O)O)c(OC)c1OC. The Kier molecular flexibility index (Phi) is 5.03. The number of aliphatic carboxylic acids is 1. The molecule has 0 aliphatic heterocycles. The van der Waals surface area contributed by atoms with Crippen LogP contribution in [-0.4, -0.2) is 37.5 Å². The molecule has 0 heterocycles. The molecule has 6 heteroatoms. The van der Waals surface area contributed by atoms with Crippen molar-refractivity contribution in [2.75, 3.05) is 21.3 Å². The van der Waals surface area contributed by atoms with Crippen molar-refractivity contribution in [1.82, 2.24) is 0 Å². The molecule has 0 fully saturated rings. The Morgan fingerprint density at radius 3 is 2.26 bits per heavy atom. The molecule has 1 atom stereocenters. The molecule has 0 aliphatic carbocycles. The van der Waals surface area contributed by atoms with E-state index in [2.05, 4.69) is 5.92 Å². The highest BCUT2D eigenvalue weighted by Gasteiger charge is 2.19. The minimum Gasteiger partial charge on any atom is -0.493 e. The van der Waals surface area contributed by atoms with Gasteiger partial charge < -0.3 is 24.4 Å². The molecule has 102 valence electrons. The molecule has 1 unspecified atom stereocenters. The van der Waals surface area contributed by atoms with Gasteiger partial charge in [-0.15, -0.1) is 0 Å². The van der Waals surface area contributed by atoms with Crippen LogP contribution in [-0.2, 0) is 4.79 Å². The van der Waals surface area contributed by atoms with Gasteiger partial charge in [-0.05, 0) is 12.1 Å². The molecule has 19 heavy (non-hydrogen) atoms. The summed E-state index contributed by atoms with van der Waals surface area (Å²) in [7, 11) is 4.30. The standard InChI is InChI=1S/C13H14O6/c1-17-10-6-4-8(9(14)5-7-11(15)16)12(18-2)13(10)19-3/h4,6,9,14H,1-3H3,(H,15,16). The van der Waals surface area contributed by atoms with Gasteiger partial charge in [0, 0.05) is 11.5 Å². The van der Waals surface area contributed by atoms with E-state index >= 15 is 0 Å². The second-order valence-electron chi connectivity index (χ2n) is 3.40. The second kappa shape index (κ2) is 6.52. The first-order valence-electron chi connectivity index (χ1n) is 5.26. The maximum Gasteiger partial charge on any atom is 0.382 e. The highest BCUT2D eigenvalue weighted by atomic mass is 16.5. The summed E-state index contributed by atoms with van der Waals surface area (Å²) in [5.41, 5.74) is 0.300. The van der Waals surface area contributed by atoms with Crippen LogP contribution in [0.4, 0.5) is 0 Å². The van der Waals surface area contributed by atoms with Crippen molar-refractivity contribution in [3.8, 4) is 29.1 Å². The largest absolute Gasteiger partial charge is 0.493 e. The third-order valence-corrected chi connectivity index (χ3v) is 2.35. The predicted molar refractivity (Wildman–Crippen MR) is 66.5 cm³/mol. The van der Waals surface area contributed by atoms with E-state index in [1.54, 1.807) is 6.07 Å². The summed E-state index contributed by atoms with van der Waals surface area (Å²) in [4.78, 5) is 10.4. The lowest BCUT2D eigenvalue weighted by atomic mass is 10.1. The van der Waals surface area contributed by atoms with Crippen LogP contribution in [0.3, 0.4) is 0 Å². The zero-order chi connectivity index (χ0) is 14.4. The number of hydrogen-bond acceptors (Lipinski definition) is 5. The van der Waals surface area contributed by atoms with Crippen LogP contribution in [0.25, 0.3) is 0 Å². The maximum absolute atomic E-state index is 10.4. The number of aliphatic hydroxyl groups excluding tert-OH is 1.